The number of nitrogens with zero attached hydrogens (tertiary/aromatic N) is 7. The average molecular weight is 907 g/mol. The Morgan fingerprint density at radius 3 is 2.58 bits per heavy atom. The summed E-state index contributed by atoms with van der Waals surface area (Å²) in [6.07, 6.45) is 5.07. The quantitative estimate of drug-likeness (QED) is 0.122. The van der Waals surface area contributed by atoms with Crippen LogP contribution in [0.15, 0.2) is 73.2 Å². The molecule has 0 unspecified atom stereocenters. The van der Waals surface area contributed by atoms with Gasteiger partial charge in [-0.3, -0.25) is 9.80 Å². The van der Waals surface area contributed by atoms with E-state index in [2.05, 4.69) is 56.0 Å². The normalized spacial score (nSPS) is 18.8. The summed E-state index contributed by atoms with van der Waals surface area (Å²) in [7, 11) is 2.17. The zero-order valence-corrected chi connectivity index (χ0v) is 38.1. The molecule has 3 aromatic heterocycles. The van der Waals surface area contributed by atoms with Gasteiger partial charge < -0.3 is 23.8 Å². The molecule has 2 atom stereocenters. The Hall–Kier alpha value is -5.09. The Morgan fingerprint density at radius 2 is 1.78 bits per heavy atom. The molecule has 0 aliphatic carbocycles. The lowest BCUT2D eigenvalue weighted by molar-refractivity contribution is -0.151. The number of ether oxygens (including phenoxy) is 4. The Labute approximate surface area is 382 Å². The van der Waals surface area contributed by atoms with Gasteiger partial charge in [-0.25, -0.2) is 29.1 Å². The molecule has 0 saturated carbocycles. The molecule has 2 fully saturated rings. The van der Waals surface area contributed by atoms with Crippen LogP contribution in [-0.4, -0.2) is 106 Å². The van der Waals surface area contributed by atoms with E-state index in [0.29, 0.717) is 46.5 Å². The van der Waals surface area contributed by atoms with Crippen LogP contribution in [0.5, 0.6) is 11.6 Å². The van der Waals surface area contributed by atoms with E-state index >= 15 is 0 Å². The lowest BCUT2D eigenvalue weighted by Crippen LogP contribution is -2.46. The predicted octanol–water partition coefficient (Wildman–Crippen LogP) is 8.85. The third-order valence-corrected chi connectivity index (χ3v) is 14.0. The van der Waals surface area contributed by atoms with Crippen LogP contribution in [0.25, 0.3) is 31.8 Å². The van der Waals surface area contributed by atoms with Crippen molar-refractivity contribution in [1.29, 1.82) is 0 Å². The number of hydrogen-bond acceptors (Lipinski definition) is 13. The fourth-order valence-corrected chi connectivity index (χ4v) is 10.2. The van der Waals surface area contributed by atoms with Crippen LogP contribution in [0.4, 0.5) is 4.39 Å². The number of carbonyl (C=O) groups excluding carboxylic acids is 1. The summed E-state index contributed by atoms with van der Waals surface area (Å²) < 4.78 is 39.4. The zero-order chi connectivity index (χ0) is 44.2. The molecular formula is C49H53ClFN7O5S. The summed E-state index contributed by atoms with van der Waals surface area (Å²) in [5.74, 6) is 0.609. The van der Waals surface area contributed by atoms with Gasteiger partial charge >= 0.3 is 5.97 Å². The number of hydrogen-bond donors (Lipinski definition) is 0. The number of likely N-dealkylation sites (N-methyl/N-ethyl adjacent to an activating group) is 1. The largest absolute Gasteiger partial charge is 0.487 e. The zero-order valence-electron chi connectivity index (χ0n) is 36.5. The van der Waals surface area contributed by atoms with Crippen LogP contribution in [0.3, 0.4) is 0 Å². The van der Waals surface area contributed by atoms with E-state index < -0.39 is 12.1 Å². The third kappa shape index (κ3) is 9.92. The molecule has 15 heteroatoms. The minimum Gasteiger partial charge on any atom is -0.487 e. The van der Waals surface area contributed by atoms with Crippen LogP contribution in [0.2, 0.25) is 5.02 Å². The smallest absolute Gasteiger partial charge is 0.347 e. The first kappa shape index (κ1) is 44.1. The van der Waals surface area contributed by atoms with Gasteiger partial charge in [-0.1, -0.05) is 48.0 Å². The average Bonchev–Trinajstić information content (AvgIpc) is 3.70. The van der Waals surface area contributed by atoms with E-state index in [0.717, 1.165) is 108 Å². The highest BCUT2D eigenvalue weighted by Gasteiger charge is 2.30. The molecule has 0 N–H and O–H groups in total. The van der Waals surface area contributed by atoms with Crippen molar-refractivity contribution < 1.29 is 28.1 Å². The molecule has 4 aliphatic rings. The second kappa shape index (κ2) is 20.0. The molecule has 6 aromatic rings. The number of piperazine rings is 1. The Bertz CT molecular complexity index is 2600. The van der Waals surface area contributed by atoms with Gasteiger partial charge in [0.1, 0.15) is 35.4 Å². The lowest BCUT2D eigenvalue weighted by Gasteiger charge is -2.34. The molecule has 12 nitrogen and oxygen atoms in total. The summed E-state index contributed by atoms with van der Waals surface area (Å²) in [6, 6.07) is 18.6. The first-order valence-electron chi connectivity index (χ1n) is 22.2. The molecule has 2 saturated heterocycles. The van der Waals surface area contributed by atoms with E-state index in [1.165, 1.54) is 29.8 Å². The number of thiophene rings is 1. The maximum Gasteiger partial charge on any atom is 0.347 e. The Balaban J connectivity index is 1.15. The number of halogens is 2. The molecule has 64 heavy (non-hydrogen) atoms. The Kier molecular flexibility index (Phi) is 13.8. The SMILES string of the molecule is CCOC(=O)[C@H]1Cc2cc(ccc2OCc2ccnc([C@@H]3CCCCO3)n2)CN(CCN2CCN(C)CC2)Cc2ccc(c(C)c2Cl)-c2c(-c3ccc(F)cc3)sc3ncnc(c23)O1. The number of rotatable bonds is 10. The van der Waals surface area contributed by atoms with Crippen molar-refractivity contribution in [2.24, 2.45) is 0 Å². The maximum absolute atomic E-state index is 14.3. The van der Waals surface area contributed by atoms with Gasteiger partial charge in [0.15, 0.2) is 5.82 Å². The summed E-state index contributed by atoms with van der Waals surface area (Å²) in [6.45, 7) is 11.9. The molecular weight excluding hydrogens is 853 g/mol. The van der Waals surface area contributed by atoms with E-state index in [4.69, 9.17) is 40.5 Å². The fourth-order valence-electron chi connectivity index (χ4n) is 8.78. The van der Waals surface area contributed by atoms with Crippen molar-refractivity contribution in [1.82, 2.24) is 34.6 Å². The first-order valence-corrected chi connectivity index (χ1v) is 23.4. The van der Waals surface area contributed by atoms with Crippen LogP contribution in [0, 0.1) is 12.7 Å². The van der Waals surface area contributed by atoms with Gasteiger partial charge in [-0.2, -0.15) is 0 Å². The van der Waals surface area contributed by atoms with Crippen molar-refractivity contribution in [2.75, 3.05) is 59.5 Å². The molecule has 4 bridgehead atoms. The number of aromatic nitrogens is 4. The molecule has 0 spiro atoms. The molecule has 4 aliphatic heterocycles. The molecule has 3 aromatic carbocycles. The predicted molar refractivity (Wildman–Crippen MR) is 246 cm³/mol. The summed E-state index contributed by atoms with van der Waals surface area (Å²) >= 11 is 8.87. The van der Waals surface area contributed by atoms with E-state index in [1.54, 1.807) is 25.3 Å². The monoisotopic (exact) mass is 905 g/mol. The molecule has 0 amide bonds. The molecule has 334 valence electrons. The van der Waals surface area contributed by atoms with Crippen LogP contribution >= 0.6 is 22.9 Å². The standard InChI is InChI=1S/C49H53ClFN7O5S/c1-4-60-49(59)41-26-35-25-32(8-15-39(35)62-29-37-16-17-52-46(55-37)40-7-5-6-24-61-40)27-58(23-22-57-20-18-56(3)19-21-57)28-34-11-14-38(31(2)44(34)50)42-43-47(63-41)53-30-54-48(43)64-45(42)33-9-12-36(51)13-10-33/h8-17,25,30,40-41H,4-7,18-24,26-29H2,1-3H3/t40-,41+/m0/s1. The second-order valence-electron chi connectivity index (χ2n) is 16.8. The highest BCUT2D eigenvalue weighted by molar-refractivity contribution is 7.22. The Morgan fingerprint density at radius 1 is 0.953 bits per heavy atom. The van der Waals surface area contributed by atoms with Gasteiger partial charge in [0, 0.05) is 87.0 Å². The van der Waals surface area contributed by atoms with E-state index in [1.807, 2.05) is 19.1 Å². The van der Waals surface area contributed by atoms with E-state index in [9.17, 15) is 9.18 Å². The lowest BCUT2D eigenvalue weighted by atomic mass is 9.94. The van der Waals surface area contributed by atoms with Gasteiger partial charge in [0.2, 0.25) is 12.0 Å². The van der Waals surface area contributed by atoms with Gasteiger partial charge in [-0.05, 0) is 97.8 Å². The minimum absolute atomic E-state index is 0.128. The van der Waals surface area contributed by atoms with Crippen LogP contribution in [-0.2, 0) is 40.4 Å². The van der Waals surface area contributed by atoms with Crippen molar-refractivity contribution >= 4 is 39.1 Å². The molecule has 7 heterocycles. The number of esters is 1. The van der Waals surface area contributed by atoms with Crippen molar-refractivity contribution in [3.8, 4) is 33.2 Å². The van der Waals surface area contributed by atoms with Gasteiger partial charge in [0.05, 0.1) is 17.7 Å². The topological polar surface area (TPSA) is 115 Å². The van der Waals surface area contributed by atoms with Gasteiger partial charge in [0.25, 0.3) is 0 Å². The number of benzene rings is 3. The van der Waals surface area contributed by atoms with Crippen LogP contribution in [0.1, 0.15) is 66.1 Å². The first-order chi connectivity index (χ1) is 31.2. The van der Waals surface area contributed by atoms with Gasteiger partial charge in [-0.15, -0.1) is 11.3 Å². The summed E-state index contributed by atoms with van der Waals surface area (Å²) in [5, 5.41) is 1.29. The second-order valence-corrected chi connectivity index (χ2v) is 18.2. The van der Waals surface area contributed by atoms with Crippen LogP contribution < -0.4 is 9.47 Å². The molecule has 0 radical (unpaired) electrons. The van der Waals surface area contributed by atoms with Crippen molar-refractivity contribution in [2.45, 2.75) is 71.4 Å². The fraction of sp³-hybridized carbons (Fsp3) is 0.408. The van der Waals surface area contributed by atoms with E-state index in [-0.39, 0.29) is 37.4 Å². The number of carbonyl (C=O) groups is 1. The maximum atomic E-state index is 14.3. The minimum atomic E-state index is -1.11. The highest BCUT2D eigenvalue weighted by Crippen LogP contribution is 2.49. The highest BCUT2D eigenvalue weighted by atomic mass is 35.5. The van der Waals surface area contributed by atoms with Crippen molar-refractivity contribution in [3.05, 3.63) is 118 Å². The summed E-state index contributed by atoms with van der Waals surface area (Å²) in [4.78, 5) is 41.6. The van der Waals surface area contributed by atoms with Crippen molar-refractivity contribution in [3.63, 3.8) is 0 Å². The molecule has 10 rings (SSSR count). The third-order valence-electron chi connectivity index (χ3n) is 12.3. The number of fused-ring (bicyclic) bond motifs is 6. The summed E-state index contributed by atoms with van der Waals surface area (Å²) in [5.41, 5.74) is 6.90.